The summed E-state index contributed by atoms with van der Waals surface area (Å²) in [6.07, 6.45) is 0. The molecule has 30 heavy (non-hydrogen) atoms. The van der Waals surface area contributed by atoms with E-state index in [0.717, 1.165) is 15.9 Å². The molecule has 0 saturated carbocycles. The Labute approximate surface area is 179 Å². The fourth-order valence-corrected chi connectivity index (χ4v) is 15.2. The molecule has 0 aliphatic carbocycles. The fraction of sp³-hybridized carbons (Fsp3) is 0.167. The van der Waals surface area contributed by atoms with Crippen LogP contribution in [-0.4, -0.2) is 25.3 Å². The summed E-state index contributed by atoms with van der Waals surface area (Å²) in [5.74, 6) is -0.286. The van der Waals surface area contributed by atoms with Crippen LogP contribution in [0.2, 0.25) is 19.6 Å². The van der Waals surface area contributed by atoms with Crippen LogP contribution in [0.1, 0.15) is 0 Å². The first kappa shape index (κ1) is 21.9. The molecular formula is C24H28N2O2PSi+. The summed E-state index contributed by atoms with van der Waals surface area (Å²) in [7, 11) is -4.63. The van der Waals surface area contributed by atoms with E-state index in [9.17, 15) is 9.59 Å². The first-order valence-corrected chi connectivity index (χ1v) is 15.4. The molecule has 1 unspecified atom stereocenters. The Morgan fingerprint density at radius 3 is 1.33 bits per heavy atom. The molecule has 4 nitrogen and oxygen atoms in total. The Morgan fingerprint density at radius 2 is 1.07 bits per heavy atom. The van der Waals surface area contributed by atoms with Crippen molar-refractivity contribution in [3.05, 3.63) is 91.0 Å². The molecule has 0 heterocycles. The van der Waals surface area contributed by atoms with E-state index in [1.807, 2.05) is 54.6 Å². The second kappa shape index (κ2) is 8.95. The molecule has 0 bridgehead atoms. The quantitative estimate of drug-likeness (QED) is 0.460. The van der Waals surface area contributed by atoms with E-state index in [4.69, 9.17) is 5.73 Å². The summed E-state index contributed by atoms with van der Waals surface area (Å²) in [5, 5.41) is 5.42. The lowest BCUT2D eigenvalue weighted by Crippen LogP contribution is -2.58. The van der Waals surface area contributed by atoms with Crippen molar-refractivity contribution in [1.82, 2.24) is 5.32 Å². The van der Waals surface area contributed by atoms with Crippen molar-refractivity contribution in [3.8, 4) is 0 Å². The minimum Gasteiger partial charge on any atom is -0.351 e. The highest BCUT2D eigenvalue weighted by molar-refractivity contribution is 7.98. The van der Waals surface area contributed by atoms with Crippen molar-refractivity contribution < 1.29 is 9.59 Å². The fourth-order valence-electron chi connectivity index (χ4n) is 4.22. The van der Waals surface area contributed by atoms with Gasteiger partial charge in [-0.25, -0.2) is 4.79 Å². The molecule has 3 aromatic carbocycles. The van der Waals surface area contributed by atoms with Crippen LogP contribution in [0, 0.1) is 0 Å². The van der Waals surface area contributed by atoms with Gasteiger partial charge in [-0.3, -0.25) is 10.1 Å². The third-order valence-electron chi connectivity index (χ3n) is 5.19. The molecule has 3 N–H and O–H groups in total. The van der Waals surface area contributed by atoms with Gasteiger partial charge in [-0.2, -0.15) is 0 Å². The molecule has 0 saturated heterocycles. The maximum absolute atomic E-state index is 13.6. The zero-order chi connectivity index (χ0) is 21.8. The standard InChI is InChI=1S/C24H27N2O2PSi/c1-30(2,3)23(22(27)26-24(25)28)29(19-13-7-4-8-14-19,20-15-9-5-10-16-20)21-17-11-6-12-18-21/h4-18,23H,1-3H3,(H2-,25,26,27,28)/p+1. The van der Waals surface area contributed by atoms with Gasteiger partial charge in [-0.05, 0) is 36.4 Å². The number of urea groups is 1. The van der Waals surface area contributed by atoms with Crippen molar-refractivity contribution in [3.63, 3.8) is 0 Å². The maximum atomic E-state index is 13.6. The lowest BCUT2D eigenvalue weighted by molar-refractivity contribution is -0.118. The number of hydrogen-bond acceptors (Lipinski definition) is 2. The molecule has 0 aromatic heterocycles. The van der Waals surface area contributed by atoms with Crippen LogP contribution in [0.3, 0.4) is 0 Å². The molecule has 154 valence electrons. The second-order valence-corrected chi connectivity index (χ2v) is 17.7. The maximum Gasteiger partial charge on any atom is 0.318 e. The summed E-state index contributed by atoms with van der Waals surface area (Å²) >= 11 is 0. The van der Waals surface area contributed by atoms with Crippen LogP contribution in [-0.2, 0) is 4.79 Å². The van der Waals surface area contributed by atoms with Gasteiger partial charge in [0.05, 0.1) is 0 Å². The summed E-state index contributed by atoms with van der Waals surface area (Å²) in [6, 6.07) is 29.9. The Hall–Kier alpha value is -2.75. The summed E-state index contributed by atoms with van der Waals surface area (Å²) in [5.41, 5.74) is 5.39. The number of nitrogens with one attached hydrogen (secondary N) is 1. The van der Waals surface area contributed by atoms with Crippen LogP contribution in [0.25, 0.3) is 0 Å². The Kier molecular flexibility index (Phi) is 6.54. The molecule has 1 atom stereocenters. The largest absolute Gasteiger partial charge is 0.351 e. The highest BCUT2D eigenvalue weighted by atomic mass is 31.2. The van der Waals surface area contributed by atoms with E-state index in [0.29, 0.717) is 0 Å². The number of nitrogens with two attached hydrogens (primary N) is 1. The number of amides is 3. The van der Waals surface area contributed by atoms with Crippen molar-refractivity contribution >= 4 is 43.2 Å². The Morgan fingerprint density at radius 1 is 0.733 bits per heavy atom. The highest BCUT2D eigenvalue weighted by Gasteiger charge is 2.60. The van der Waals surface area contributed by atoms with Gasteiger partial charge in [0, 0.05) is 0 Å². The van der Waals surface area contributed by atoms with Gasteiger partial charge < -0.3 is 5.73 Å². The molecule has 3 amide bonds. The van der Waals surface area contributed by atoms with E-state index < -0.39 is 21.4 Å². The van der Waals surface area contributed by atoms with E-state index >= 15 is 0 Å². The van der Waals surface area contributed by atoms with Crippen LogP contribution >= 0.6 is 7.26 Å². The van der Waals surface area contributed by atoms with Gasteiger partial charge in [0.1, 0.15) is 36.5 Å². The summed E-state index contributed by atoms with van der Waals surface area (Å²) in [6.45, 7) is 6.55. The smallest absolute Gasteiger partial charge is 0.318 e. The molecule has 0 radical (unpaired) electrons. The van der Waals surface area contributed by atoms with Gasteiger partial charge in [0.2, 0.25) is 0 Å². The molecule has 0 spiro atoms. The average Bonchev–Trinajstić information content (AvgIpc) is 2.72. The van der Waals surface area contributed by atoms with Gasteiger partial charge in [-0.1, -0.05) is 74.2 Å². The van der Waals surface area contributed by atoms with Crippen molar-refractivity contribution in [2.45, 2.75) is 24.9 Å². The Bertz CT molecular complexity index is 909. The first-order valence-electron chi connectivity index (χ1n) is 9.94. The molecule has 0 aliphatic rings. The number of carbonyl (C=O) groups is 2. The normalized spacial score (nSPS) is 12.8. The lowest BCUT2D eigenvalue weighted by atomic mass is 10.4. The third-order valence-corrected chi connectivity index (χ3v) is 14.9. The van der Waals surface area contributed by atoms with Crippen molar-refractivity contribution in [2.24, 2.45) is 5.73 Å². The number of carbonyl (C=O) groups excluding carboxylic acids is 2. The zero-order valence-corrected chi connectivity index (χ0v) is 19.5. The lowest BCUT2D eigenvalue weighted by Gasteiger charge is -2.39. The molecule has 0 fully saturated rings. The van der Waals surface area contributed by atoms with Gasteiger partial charge in [0.25, 0.3) is 5.91 Å². The van der Waals surface area contributed by atoms with Crippen LogP contribution in [0.5, 0.6) is 0 Å². The van der Waals surface area contributed by atoms with E-state index in [1.54, 1.807) is 0 Å². The number of rotatable bonds is 6. The third kappa shape index (κ3) is 4.23. The van der Waals surface area contributed by atoms with Crippen LogP contribution in [0.15, 0.2) is 91.0 Å². The molecule has 3 aromatic rings. The van der Waals surface area contributed by atoms with Gasteiger partial charge >= 0.3 is 6.03 Å². The molecule has 6 heteroatoms. The van der Waals surface area contributed by atoms with E-state index in [-0.39, 0.29) is 11.2 Å². The van der Waals surface area contributed by atoms with E-state index in [2.05, 4.69) is 61.4 Å². The van der Waals surface area contributed by atoms with E-state index in [1.165, 1.54) is 0 Å². The molecular weight excluding hydrogens is 407 g/mol. The van der Waals surface area contributed by atoms with Crippen molar-refractivity contribution in [1.29, 1.82) is 0 Å². The topological polar surface area (TPSA) is 72.2 Å². The SMILES string of the molecule is C[Si](C)(C)C(C(=O)NC(N)=O)[P+](c1ccccc1)(c1ccccc1)c1ccccc1. The number of benzene rings is 3. The minimum absolute atomic E-state index is 0.286. The first-order chi connectivity index (χ1) is 14.3. The summed E-state index contributed by atoms with van der Waals surface area (Å²) < 4.78 is 0. The summed E-state index contributed by atoms with van der Waals surface area (Å²) in [4.78, 5) is 25.3. The Balaban J connectivity index is 2.46. The van der Waals surface area contributed by atoms with Crippen LogP contribution < -0.4 is 27.0 Å². The highest BCUT2D eigenvalue weighted by Crippen LogP contribution is 2.62. The number of imide groups is 1. The number of hydrogen-bond donors (Lipinski definition) is 2. The number of primary amides is 1. The monoisotopic (exact) mass is 435 g/mol. The average molecular weight is 436 g/mol. The predicted molar refractivity (Wildman–Crippen MR) is 130 cm³/mol. The predicted octanol–water partition coefficient (Wildman–Crippen LogP) is 3.42. The van der Waals surface area contributed by atoms with Gasteiger partial charge in [0.15, 0.2) is 0 Å². The van der Waals surface area contributed by atoms with Crippen LogP contribution in [0.4, 0.5) is 4.79 Å². The molecule has 3 rings (SSSR count). The second-order valence-electron chi connectivity index (χ2n) is 8.35. The minimum atomic E-state index is -2.46. The van der Waals surface area contributed by atoms with Crippen molar-refractivity contribution in [2.75, 3.05) is 0 Å². The zero-order valence-electron chi connectivity index (χ0n) is 17.6. The molecule has 0 aliphatic heterocycles. The van der Waals surface area contributed by atoms with Gasteiger partial charge in [-0.15, -0.1) is 0 Å².